The summed E-state index contributed by atoms with van der Waals surface area (Å²) >= 11 is 0. The maximum Gasteiger partial charge on any atom is 0.161 e. The van der Waals surface area contributed by atoms with Crippen molar-refractivity contribution in [1.82, 2.24) is 9.78 Å². The Kier molecular flexibility index (Phi) is 4.20. The summed E-state index contributed by atoms with van der Waals surface area (Å²) in [6.45, 7) is 1.44. The molecule has 0 amide bonds. The Bertz CT molecular complexity index is 629. The summed E-state index contributed by atoms with van der Waals surface area (Å²) in [6.07, 6.45) is 2.11. The smallest absolute Gasteiger partial charge is 0.161 e. The Morgan fingerprint density at radius 3 is 2.82 bits per heavy atom. The van der Waals surface area contributed by atoms with Crippen molar-refractivity contribution in [3.8, 4) is 22.8 Å². The van der Waals surface area contributed by atoms with Crippen LogP contribution in [0.15, 0.2) is 24.3 Å². The average molecular weight is 303 g/mol. The van der Waals surface area contributed by atoms with Crippen LogP contribution in [0, 0.1) is 0 Å². The van der Waals surface area contributed by atoms with E-state index in [0.717, 1.165) is 36.5 Å². The van der Waals surface area contributed by atoms with Gasteiger partial charge < -0.3 is 19.9 Å². The fourth-order valence-corrected chi connectivity index (χ4v) is 2.53. The fourth-order valence-electron chi connectivity index (χ4n) is 2.53. The summed E-state index contributed by atoms with van der Waals surface area (Å²) in [7, 11) is 3.45. The minimum Gasteiger partial charge on any atom is -0.493 e. The molecule has 118 valence electrons. The van der Waals surface area contributed by atoms with Gasteiger partial charge in [-0.1, -0.05) is 0 Å². The lowest BCUT2D eigenvalue weighted by atomic mass is 10.1. The monoisotopic (exact) mass is 303 g/mol. The number of nitrogen functional groups attached to an aromatic ring is 1. The molecule has 2 N–H and O–H groups in total. The number of rotatable bonds is 4. The van der Waals surface area contributed by atoms with Crippen molar-refractivity contribution in [1.29, 1.82) is 0 Å². The van der Waals surface area contributed by atoms with Gasteiger partial charge in [-0.3, -0.25) is 4.68 Å². The standard InChI is InChI=1S/C16H21N3O3/c1-19-16(17)9-13(18-19)11-5-6-14(15(8-11)20-2)22-12-4-3-7-21-10-12/h5-6,8-9,12H,3-4,7,10,17H2,1-2H3. The largest absolute Gasteiger partial charge is 0.493 e. The van der Waals surface area contributed by atoms with E-state index >= 15 is 0 Å². The van der Waals surface area contributed by atoms with Gasteiger partial charge in [-0.2, -0.15) is 5.10 Å². The highest BCUT2D eigenvalue weighted by molar-refractivity contribution is 5.66. The van der Waals surface area contributed by atoms with E-state index < -0.39 is 0 Å². The molecule has 1 aliphatic heterocycles. The molecule has 1 atom stereocenters. The summed E-state index contributed by atoms with van der Waals surface area (Å²) in [4.78, 5) is 0. The molecule has 1 aromatic heterocycles. The van der Waals surface area contributed by atoms with Gasteiger partial charge in [0.25, 0.3) is 0 Å². The first-order valence-corrected chi connectivity index (χ1v) is 7.39. The first-order valence-electron chi connectivity index (χ1n) is 7.39. The van der Waals surface area contributed by atoms with Crippen LogP contribution in [-0.4, -0.2) is 36.2 Å². The second-order valence-corrected chi connectivity index (χ2v) is 5.40. The minimum absolute atomic E-state index is 0.0824. The number of benzene rings is 1. The van der Waals surface area contributed by atoms with Gasteiger partial charge in [0.05, 0.1) is 19.4 Å². The van der Waals surface area contributed by atoms with Crippen LogP contribution in [0.3, 0.4) is 0 Å². The Balaban J connectivity index is 1.83. The van der Waals surface area contributed by atoms with Crippen LogP contribution >= 0.6 is 0 Å². The van der Waals surface area contributed by atoms with E-state index in [1.807, 2.05) is 31.3 Å². The normalized spacial score (nSPS) is 18.2. The third kappa shape index (κ3) is 3.01. The lowest BCUT2D eigenvalue weighted by molar-refractivity contribution is 0.00645. The molecule has 0 bridgehead atoms. The summed E-state index contributed by atoms with van der Waals surface area (Å²) < 4.78 is 18.5. The molecular formula is C16H21N3O3. The number of anilines is 1. The van der Waals surface area contributed by atoms with E-state index in [1.54, 1.807) is 11.8 Å². The molecule has 0 saturated carbocycles. The minimum atomic E-state index is 0.0824. The molecule has 2 aromatic rings. The lowest BCUT2D eigenvalue weighted by Crippen LogP contribution is -2.28. The van der Waals surface area contributed by atoms with Gasteiger partial charge in [0.2, 0.25) is 0 Å². The molecule has 1 aliphatic rings. The molecule has 1 saturated heterocycles. The second kappa shape index (κ2) is 6.27. The molecule has 1 unspecified atom stereocenters. The molecule has 1 fully saturated rings. The van der Waals surface area contributed by atoms with Crippen molar-refractivity contribution in [2.75, 3.05) is 26.1 Å². The van der Waals surface area contributed by atoms with Crippen LogP contribution in [0.1, 0.15) is 12.8 Å². The summed E-state index contributed by atoms with van der Waals surface area (Å²) in [5.41, 5.74) is 7.58. The van der Waals surface area contributed by atoms with Crippen molar-refractivity contribution in [3.05, 3.63) is 24.3 Å². The highest BCUT2D eigenvalue weighted by atomic mass is 16.5. The van der Waals surface area contributed by atoms with E-state index in [-0.39, 0.29) is 6.10 Å². The number of ether oxygens (including phenoxy) is 3. The quantitative estimate of drug-likeness (QED) is 0.938. The van der Waals surface area contributed by atoms with E-state index in [9.17, 15) is 0 Å². The summed E-state index contributed by atoms with van der Waals surface area (Å²) in [5, 5.41) is 4.38. The first kappa shape index (κ1) is 14.7. The van der Waals surface area contributed by atoms with Crippen LogP contribution in [0.25, 0.3) is 11.3 Å². The third-order valence-corrected chi connectivity index (χ3v) is 3.79. The molecule has 3 rings (SSSR count). The predicted molar refractivity (Wildman–Crippen MR) is 84.1 cm³/mol. The highest BCUT2D eigenvalue weighted by Crippen LogP contribution is 2.33. The summed E-state index contributed by atoms with van der Waals surface area (Å²) in [5.74, 6) is 2.03. The Hall–Kier alpha value is -2.21. The maximum atomic E-state index is 6.00. The van der Waals surface area contributed by atoms with Gasteiger partial charge in [0, 0.05) is 25.3 Å². The number of aromatic nitrogens is 2. The Morgan fingerprint density at radius 1 is 1.32 bits per heavy atom. The van der Waals surface area contributed by atoms with E-state index in [4.69, 9.17) is 19.9 Å². The Morgan fingerprint density at radius 2 is 2.18 bits per heavy atom. The predicted octanol–water partition coefficient (Wildman–Crippen LogP) is 2.24. The van der Waals surface area contributed by atoms with E-state index in [0.29, 0.717) is 18.2 Å². The zero-order chi connectivity index (χ0) is 15.5. The number of nitrogens with two attached hydrogens (primary N) is 1. The van der Waals surface area contributed by atoms with Crippen molar-refractivity contribution in [2.24, 2.45) is 7.05 Å². The zero-order valence-electron chi connectivity index (χ0n) is 12.9. The van der Waals surface area contributed by atoms with Gasteiger partial charge in [0.1, 0.15) is 11.9 Å². The van der Waals surface area contributed by atoms with Crippen LogP contribution in [0.5, 0.6) is 11.5 Å². The van der Waals surface area contributed by atoms with E-state index in [2.05, 4.69) is 5.10 Å². The van der Waals surface area contributed by atoms with Gasteiger partial charge in [0.15, 0.2) is 11.5 Å². The van der Waals surface area contributed by atoms with Crippen LogP contribution in [0.2, 0.25) is 0 Å². The molecule has 0 radical (unpaired) electrons. The van der Waals surface area contributed by atoms with Gasteiger partial charge in [-0.05, 0) is 31.0 Å². The number of hydrogen-bond donors (Lipinski definition) is 1. The number of aryl methyl sites for hydroxylation is 1. The van der Waals surface area contributed by atoms with Gasteiger partial charge >= 0.3 is 0 Å². The van der Waals surface area contributed by atoms with E-state index in [1.165, 1.54) is 0 Å². The van der Waals surface area contributed by atoms with Crippen LogP contribution in [-0.2, 0) is 11.8 Å². The van der Waals surface area contributed by atoms with Crippen LogP contribution < -0.4 is 15.2 Å². The average Bonchev–Trinajstić information content (AvgIpc) is 2.88. The maximum absolute atomic E-state index is 6.00. The fraction of sp³-hybridized carbons (Fsp3) is 0.438. The number of hydrogen-bond acceptors (Lipinski definition) is 5. The van der Waals surface area contributed by atoms with Crippen molar-refractivity contribution in [3.63, 3.8) is 0 Å². The molecule has 6 heteroatoms. The molecule has 2 heterocycles. The third-order valence-electron chi connectivity index (χ3n) is 3.79. The van der Waals surface area contributed by atoms with Crippen molar-refractivity contribution < 1.29 is 14.2 Å². The highest BCUT2D eigenvalue weighted by Gasteiger charge is 2.18. The molecule has 22 heavy (non-hydrogen) atoms. The van der Waals surface area contributed by atoms with Gasteiger partial charge in [-0.15, -0.1) is 0 Å². The SMILES string of the molecule is COc1cc(-c2cc(N)n(C)n2)ccc1OC1CCCOC1. The van der Waals surface area contributed by atoms with Gasteiger partial charge in [-0.25, -0.2) is 0 Å². The topological polar surface area (TPSA) is 71.5 Å². The zero-order valence-corrected chi connectivity index (χ0v) is 12.9. The molecule has 0 spiro atoms. The summed E-state index contributed by atoms with van der Waals surface area (Å²) in [6, 6.07) is 7.63. The second-order valence-electron chi connectivity index (χ2n) is 5.40. The lowest BCUT2D eigenvalue weighted by Gasteiger charge is -2.24. The Labute approximate surface area is 129 Å². The van der Waals surface area contributed by atoms with Crippen LogP contribution in [0.4, 0.5) is 5.82 Å². The molecule has 6 nitrogen and oxygen atoms in total. The molecular weight excluding hydrogens is 282 g/mol. The molecule has 0 aliphatic carbocycles. The number of methoxy groups -OCH3 is 1. The molecule has 1 aromatic carbocycles. The number of nitrogens with zero attached hydrogens (tertiary/aromatic N) is 2. The first-order chi connectivity index (χ1) is 10.7. The van der Waals surface area contributed by atoms with Crippen molar-refractivity contribution in [2.45, 2.75) is 18.9 Å². The van der Waals surface area contributed by atoms with Crippen molar-refractivity contribution >= 4 is 5.82 Å².